The first kappa shape index (κ1) is 32.2. The van der Waals surface area contributed by atoms with Crippen LogP contribution < -0.4 is 28.4 Å². The van der Waals surface area contributed by atoms with Crippen LogP contribution in [0.15, 0.2) is 54.7 Å². The first-order valence-electron chi connectivity index (χ1n) is 12.7. The molecule has 0 amide bonds. The Morgan fingerprint density at radius 3 is 1.86 bits per heavy atom. The Labute approximate surface area is 244 Å². The van der Waals surface area contributed by atoms with Crippen LogP contribution in [0.25, 0.3) is 6.08 Å². The lowest BCUT2D eigenvalue weighted by Gasteiger charge is -2.16. The molecule has 1 heterocycles. The minimum Gasteiger partial charge on any atom is -0.493 e. The summed E-state index contributed by atoms with van der Waals surface area (Å²) >= 11 is 0. The Balaban J connectivity index is 1.82. The molecule has 0 radical (unpaired) electrons. The van der Waals surface area contributed by atoms with Crippen molar-refractivity contribution in [1.29, 1.82) is 0 Å². The van der Waals surface area contributed by atoms with Gasteiger partial charge in [-0.2, -0.15) is 0 Å². The van der Waals surface area contributed by atoms with Crippen molar-refractivity contribution in [2.24, 2.45) is 0 Å². The molecule has 0 aliphatic heterocycles. The molecule has 3 rings (SSSR count). The van der Waals surface area contributed by atoms with Crippen LogP contribution in [0, 0.1) is 0 Å². The summed E-state index contributed by atoms with van der Waals surface area (Å²) in [6.07, 6.45) is 4.63. The third kappa shape index (κ3) is 9.63. The highest BCUT2D eigenvalue weighted by Crippen LogP contribution is 2.36. The number of carbonyl (C=O) groups excluding carboxylic acids is 1. The van der Waals surface area contributed by atoms with Gasteiger partial charge in [-0.05, 0) is 35.9 Å². The van der Waals surface area contributed by atoms with E-state index >= 15 is 0 Å². The smallest absolute Gasteiger partial charge is 0.193 e. The van der Waals surface area contributed by atoms with Crippen molar-refractivity contribution in [3.8, 4) is 34.5 Å². The number of aromatic nitrogens is 1. The predicted octanol–water partition coefficient (Wildman–Crippen LogP) is 4.50. The van der Waals surface area contributed by atoms with Gasteiger partial charge >= 0.3 is 0 Å². The van der Waals surface area contributed by atoms with E-state index < -0.39 is 0 Å². The zero-order valence-electron chi connectivity index (χ0n) is 24.2. The average molecular weight is 586 g/mol. The largest absolute Gasteiger partial charge is 0.493 e. The van der Waals surface area contributed by atoms with Gasteiger partial charge in [0.1, 0.15) is 35.2 Å². The third-order valence-corrected chi connectivity index (χ3v) is 5.43. The van der Waals surface area contributed by atoms with Gasteiger partial charge in [-0.15, -0.1) is 0 Å². The molecule has 0 aliphatic rings. The highest BCUT2D eigenvalue weighted by molar-refractivity contribution is 6.10. The SMILES string of the molecule is COCOc1ccc(COc2cc(C=CC(=O)c3c(OCOC)cc(OCOC)cc3OCOC)ccc2OC)nc1. The minimum absolute atomic E-state index is 0.00726. The maximum absolute atomic E-state index is 13.4. The minimum atomic E-state index is -0.385. The summed E-state index contributed by atoms with van der Waals surface area (Å²) in [4.78, 5) is 17.8. The number of hydrogen-bond acceptors (Lipinski definition) is 12. The Morgan fingerprint density at radius 2 is 1.29 bits per heavy atom. The fourth-order valence-corrected chi connectivity index (χ4v) is 3.52. The fourth-order valence-electron chi connectivity index (χ4n) is 3.52. The predicted molar refractivity (Wildman–Crippen MR) is 151 cm³/mol. The van der Waals surface area contributed by atoms with E-state index in [0.29, 0.717) is 34.3 Å². The maximum Gasteiger partial charge on any atom is 0.193 e. The van der Waals surface area contributed by atoms with E-state index in [9.17, 15) is 4.79 Å². The molecule has 0 saturated heterocycles. The lowest BCUT2D eigenvalue weighted by molar-refractivity contribution is 0.0400. The Hall–Kier alpha value is -4.36. The molecule has 1 aromatic heterocycles. The van der Waals surface area contributed by atoms with Crippen molar-refractivity contribution < 1.29 is 52.2 Å². The van der Waals surface area contributed by atoms with Gasteiger partial charge in [0.2, 0.25) is 0 Å². The summed E-state index contributed by atoms with van der Waals surface area (Å²) in [5, 5.41) is 0. The number of allylic oxidation sites excluding steroid dienone is 1. The van der Waals surface area contributed by atoms with E-state index in [-0.39, 0.29) is 56.6 Å². The molecule has 0 aliphatic carbocycles. The van der Waals surface area contributed by atoms with E-state index in [0.717, 1.165) is 0 Å². The van der Waals surface area contributed by atoms with Crippen LogP contribution in [-0.4, -0.2) is 73.5 Å². The molecule has 12 nitrogen and oxygen atoms in total. The van der Waals surface area contributed by atoms with Crippen LogP contribution in [0.2, 0.25) is 0 Å². The molecule has 226 valence electrons. The average Bonchev–Trinajstić information content (AvgIpc) is 3.02. The van der Waals surface area contributed by atoms with Gasteiger partial charge in [-0.25, -0.2) is 0 Å². The Bertz CT molecular complexity index is 1270. The number of carbonyl (C=O) groups is 1. The number of rotatable bonds is 19. The number of pyridine rings is 1. The van der Waals surface area contributed by atoms with Gasteiger partial charge in [0, 0.05) is 40.6 Å². The number of ketones is 1. The van der Waals surface area contributed by atoms with Crippen LogP contribution >= 0.6 is 0 Å². The van der Waals surface area contributed by atoms with E-state index in [1.54, 1.807) is 69.0 Å². The number of ether oxygens (including phenoxy) is 10. The topological polar surface area (TPSA) is 122 Å². The molecular formula is C30H35NO11. The van der Waals surface area contributed by atoms with Gasteiger partial charge in [0.05, 0.1) is 19.0 Å². The van der Waals surface area contributed by atoms with Crippen molar-refractivity contribution in [3.05, 3.63) is 71.6 Å². The molecule has 0 unspecified atom stereocenters. The molecule has 2 aromatic carbocycles. The normalized spacial score (nSPS) is 10.9. The van der Waals surface area contributed by atoms with Crippen LogP contribution in [-0.2, 0) is 25.6 Å². The monoisotopic (exact) mass is 585 g/mol. The molecule has 0 saturated carbocycles. The number of benzene rings is 2. The van der Waals surface area contributed by atoms with Crippen LogP contribution in [0.3, 0.4) is 0 Å². The molecule has 0 fully saturated rings. The second-order valence-electron chi connectivity index (χ2n) is 8.38. The van der Waals surface area contributed by atoms with Gasteiger partial charge in [-0.1, -0.05) is 12.1 Å². The Morgan fingerprint density at radius 1 is 0.667 bits per heavy atom. The molecule has 42 heavy (non-hydrogen) atoms. The van der Waals surface area contributed by atoms with Gasteiger partial charge < -0.3 is 47.4 Å². The van der Waals surface area contributed by atoms with E-state index in [1.807, 2.05) is 0 Å². The lowest BCUT2D eigenvalue weighted by atomic mass is 10.1. The van der Waals surface area contributed by atoms with E-state index in [1.165, 1.54) is 27.4 Å². The van der Waals surface area contributed by atoms with Gasteiger partial charge in [0.15, 0.2) is 44.5 Å². The van der Waals surface area contributed by atoms with Crippen molar-refractivity contribution in [1.82, 2.24) is 4.98 Å². The lowest BCUT2D eigenvalue weighted by Crippen LogP contribution is -2.10. The zero-order valence-corrected chi connectivity index (χ0v) is 24.2. The summed E-state index contributed by atoms with van der Waals surface area (Å²) in [5.74, 6) is 1.98. The molecule has 0 spiro atoms. The van der Waals surface area contributed by atoms with Crippen LogP contribution in [0.4, 0.5) is 0 Å². The maximum atomic E-state index is 13.4. The zero-order chi connectivity index (χ0) is 30.2. The molecule has 0 atom stereocenters. The molecule has 3 aromatic rings. The van der Waals surface area contributed by atoms with Gasteiger partial charge in [-0.3, -0.25) is 9.78 Å². The molecule has 0 bridgehead atoms. The van der Waals surface area contributed by atoms with E-state index in [2.05, 4.69) is 4.98 Å². The quantitative estimate of drug-likeness (QED) is 0.112. The summed E-state index contributed by atoms with van der Waals surface area (Å²) < 4.78 is 53.6. The van der Waals surface area contributed by atoms with Crippen molar-refractivity contribution in [2.75, 3.05) is 62.7 Å². The fraction of sp³-hybridized carbons (Fsp3) is 0.333. The third-order valence-electron chi connectivity index (χ3n) is 5.43. The molecule has 12 heteroatoms. The summed E-state index contributed by atoms with van der Waals surface area (Å²) in [6.45, 7) is 0.114. The number of methoxy groups -OCH3 is 5. The summed E-state index contributed by atoms with van der Waals surface area (Å²) in [6, 6.07) is 12.0. The highest BCUT2D eigenvalue weighted by atomic mass is 16.7. The second kappa shape index (κ2) is 17.5. The number of nitrogens with zero attached hydrogens (tertiary/aromatic N) is 1. The highest BCUT2D eigenvalue weighted by Gasteiger charge is 2.20. The van der Waals surface area contributed by atoms with Crippen LogP contribution in [0.5, 0.6) is 34.5 Å². The molecule has 0 N–H and O–H groups in total. The van der Waals surface area contributed by atoms with E-state index in [4.69, 9.17) is 47.4 Å². The standard InChI is InChI=1S/C30H35NO11/c1-33-17-39-23-9-8-22(31-15-23)16-38-27-12-21(7-11-26(27)37-5)6-10-25(32)30-28(41-19-35-3)13-24(40-18-34-2)14-29(30)42-20-36-4/h6-15H,16-20H2,1-5H3. The van der Waals surface area contributed by atoms with Crippen molar-refractivity contribution in [2.45, 2.75) is 6.61 Å². The van der Waals surface area contributed by atoms with Gasteiger partial charge in [0.25, 0.3) is 0 Å². The molecular weight excluding hydrogens is 550 g/mol. The van der Waals surface area contributed by atoms with Crippen molar-refractivity contribution >= 4 is 11.9 Å². The Kier molecular flexibility index (Phi) is 13.4. The first-order chi connectivity index (χ1) is 20.5. The first-order valence-corrected chi connectivity index (χ1v) is 12.7. The number of hydrogen-bond donors (Lipinski definition) is 0. The summed E-state index contributed by atoms with van der Waals surface area (Å²) in [5.41, 5.74) is 1.54. The van der Waals surface area contributed by atoms with Crippen LogP contribution in [0.1, 0.15) is 21.6 Å². The second-order valence-corrected chi connectivity index (χ2v) is 8.38. The van der Waals surface area contributed by atoms with Crippen molar-refractivity contribution in [3.63, 3.8) is 0 Å². The summed E-state index contributed by atoms with van der Waals surface area (Å²) in [7, 11) is 7.53.